The number of carbonyl (C=O) groups excluding carboxylic acids is 2. The van der Waals surface area contributed by atoms with Gasteiger partial charge in [-0.25, -0.2) is 0 Å². The lowest BCUT2D eigenvalue weighted by molar-refractivity contribution is -0.139. The van der Waals surface area contributed by atoms with E-state index < -0.39 is 6.04 Å². The molecule has 0 spiro atoms. The molecule has 6 heteroatoms. The minimum atomic E-state index is -0.633. The summed E-state index contributed by atoms with van der Waals surface area (Å²) >= 11 is 1.48. The minimum absolute atomic E-state index is 0.0812. The molecule has 0 unspecified atom stereocenters. The van der Waals surface area contributed by atoms with Gasteiger partial charge in [-0.2, -0.15) is 0 Å². The van der Waals surface area contributed by atoms with Crippen LogP contribution in [0.15, 0.2) is 89.8 Å². The number of carbonyl (C=O) groups is 2. The molecule has 0 heterocycles. The number of thioether (sulfide) groups is 1. The monoisotopic (exact) mass is 490 g/mol. The van der Waals surface area contributed by atoms with Gasteiger partial charge in [0.25, 0.3) is 0 Å². The molecule has 0 fully saturated rings. The van der Waals surface area contributed by atoms with Crippen LogP contribution in [-0.2, 0) is 22.6 Å². The maximum absolute atomic E-state index is 13.6. The third-order valence-electron chi connectivity index (χ3n) is 5.55. The van der Waals surface area contributed by atoms with Crippen molar-refractivity contribution >= 4 is 23.6 Å². The Morgan fingerprint density at radius 2 is 1.57 bits per heavy atom. The first-order chi connectivity index (χ1) is 17.0. The van der Waals surface area contributed by atoms with Crippen LogP contribution in [0.1, 0.15) is 25.0 Å². The van der Waals surface area contributed by atoms with Gasteiger partial charge < -0.3 is 15.0 Å². The van der Waals surface area contributed by atoms with Gasteiger partial charge in [-0.1, -0.05) is 74.5 Å². The molecular formula is C29H34N2O3S. The molecule has 0 saturated carbocycles. The maximum Gasteiger partial charge on any atom is 0.243 e. The number of nitrogens with zero attached hydrogens (tertiary/aromatic N) is 1. The van der Waals surface area contributed by atoms with Gasteiger partial charge in [-0.05, 0) is 41.3 Å². The van der Waals surface area contributed by atoms with Gasteiger partial charge in [-0.3, -0.25) is 9.59 Å². The standard InChI is InChI=1S/C29H34N2O3S/c1-22(2)19-30-29(33)27(18-23-11-6-4-7-12-23)31(20-24-13-10-14-25(17-24)34-3)28(32)21-35-26-15-8-5-9-16-26/h4-17,22,27H,18-21H2,1-3H3,(H,30,33)/t27-/m0/s1. The second kappa shape index (κ2) is 13.6. The van der Waals surface area contributed by atoms with Gasteiger partial charge in [0.1, 0.15) is 11.8 Å². The quantitative estimate of drug-likeness (QED) is 0.355. The average Bonchev–Trinajstić information content (AvgIpc) is 2.89. The number of hydrogen-bond donors (Lipinski definition) is 1. The van der Waals surface area contributed by atoms with Crippen molar-refractivity contribution in [2.75, 3.05) is 19.4 Å². The van der Waals surface area contributed by atoms with Crippen LogP contribution in [0.25, 0.3) is 0 Å². The first-order valence-electron chi connectivity index (χ1n) is 11.9. The average molecular weight is 491 g/mol. The molecule has 3 rings (SSSR count). The number of amides is 2. The van der Waals surface area contributed by atoms with Crippen LogP contribution >= 0.6 is 11.8 Å². The summed E-state index contributed by atoms with van der Waals surface area (Å²) in [5.74, 6) is 1.06. The summed E-state index contributed by atoms with van der Waals surface area (Å²) in [5, 5.41) is 3.06. The van der Waals surface area contributed by atoms with E-state index in [0.29, 0.717) is 25.4 Å². The minimum Gasteiger partial charge on any atom is -0.497 e. The van der Waals surface area contributed by atoms with E-state index in [1.54, 1.807) is 12.0 Å². The molecule has 3 aromatic rings. The lowest BCUT2D eigenvalue weighted by Crippen LogP contribution is -2.51. The van der Waals surface area contributed by atoms with Crippen LogP contribution in [0.3, 0.4) is 0 Å². The molecule has 1 N–H and O–H groups in total. The number of methoxy groups -OCH3 is 1. The fourth-order valence-electron chi connectivity index (χ4n) is 3.69. The highest BCUT2D eigenvalue weighted by Crippen LogP contribution is 2.22. The highest BCUT2D eigenvalue weighted by molar-refractivity contribution is 8.00. The molecule has 0 aliphatic carbocycles. The van der Waals surface area contributed by atoms with Crippen molar-refractivity contribution in [3.8, 4) is 5.75 Å². The second-order valence-electron chi connectivity index (χ2n) is 8.82. The Bertz CT molecular complexity index is 1070. The summed E-state index contributed by atoms with van der Waals surface area (Å²) in [6.07, 6.45) is 0.441. The SMILES string of the molecule is COc1cccc(CN(C(=O)CSc2ccccc2)[C@@H](Cc2ccccc2)C(=O)NCC(C)C)c1. The topological polar surface area (TPSA) is 58.6 Å². The molecular weight excluding hydrogens is 456 g/mol. The Morgan fingerprint density at radius 1 is 0.914 bits per heavy atom. The number of ether oxygens (including phenoxy) is 1. The van der Waals surface area contributed by atoms with Crippen molar-refractivity contribution in [1.29, 1.82) is 0 Å². The predicted octanol–water partition coefficient (Wildman–Crippen LogP) is 5.20. The van der Waals surface area contributed by atoms with Crippen LogP contribution in [0.5, 0.6) is 5.75 Å². The van der Waals surface area contributed by atoms with E-state index in [-0.39, 0.29) is 17.6 Å². The van der Waals surface area contributed by atoms with Crippen LogP contribution in [0.4, 0.5) is 0 Å². The van der Waals surface area contributed by atoms with Crippen molar-refractivity contribution < 1.29 is 14.3 Å². The summed E-state index contributed by atoms with van der Waals surface area (Å²) in [6.45, 7) is 4.99. The van der Waals surface area contributed by atoms with Crippen LogP contribution in [-0.4, -0.2) is 42.2 Å². The van der Waals surface area contributed by atoms with Crippen molar-refractivity contribution in [2.45, 2.75) is 37.8 Å². The Balaban J connectivity index is 1.90. The van der Waals surface area contributed by atoms with Gasteiger partial charge in [0, 0.05) is 24.4 Å². The van der Waals surface area contributed by atoms with Gasteiger partial charge in [0.2, 0.25) is 11.8 Å². The molecule has 0 aliphatic rings. The molecule has 0 aromatic heterocycles. The number of benzene rings is 3. The number of rotatable bonds is 12. The highest BCUT2D eigenvalue weighted by atomic mass is 32.2. The highest BCUT2D eigenvalue weighted by Gasteiger charge is 2.30. The molecule has 0 aliphatic heterocycles. The molecule has 0 saturated heterocycles. The largest absolute Gasteiger partial charge is 0.497 e. The lowest BCUT2D eigenvalue weighted by atomic mass is 10.0. The summed E-state index contributed by atoms with van der Waals surface area (Å²) in [4.78, 5) is 29.8. The summed E-state index contributed by atoms with van der Waals surface area (Å²) < 4.78 is 5.38. The zero-order chi connectivity index (χ0) is 25.0. The zero-order valence-corrected chi connectivity index (χ0v) is 21.5. The van der Waals surface area contributed by atoms with Gasteiger partial charge in [0.05, 0.1) is 12.9 Å². The van der Waals surface area contributed by atoms with E-state index in [1.807, 2.05) is 84.9 Å². The molecule has 0 radical (unpaired) electrons. The Hall–Kier alpha value is -3.25. The normalized spacial score (nSPS) is 11.7. The smallest absolute Gasteiger partial charge is 0.243 e. The summed E-state index contributed by atoms with van der Waals surface area (Å²) in [5.41, 5.74) is 1.92. The fourth-order valence-corrected chi connectivity index (χ4v) is 4.49. The Labute approximate surface area is 212 Å². The molecule has 35 heavy (non-hydrogen) atoms. The third-order valence-corrected chi connectivity index (χ3v) is 6.55. The van der Waals surface area contributed by atoms with Gasteiger partial charge >= 0.3 is 0 Å². The maximum atomic E-state index is 13.6. The predicted molar refractivity (Wildman–Crippen MR) is 142 cm³/mol. The second-order valence-corrected chi connectivity index (χ2v) is 9.87. The van der Waals surface area contributed by atoms with E-state index in [4.69, 9.17) is 4.74 Å². The molecule has 2 amide bonds. The van der Waals surface area contributed by atoms with E-state index in [1.165, 1.54) is 11.8 Å². The van der Waals surface area contributed by atoms with Crippen molar-refractivity contribution in [3.05, 3.63) is 96.1 Å². The molecule has 3 aromatic carbocycles. The molecule has 5 nitrogen and oxygen atoms in total. The van der Waals surface area contributed by atoms with Gasteiger partial charge in [0.15, 0.2) is 0 Å². The Morgan fingerprint density at radius 3 is 2.23 bits per heavy atom. The van der Waals surface area contributed by atoms with Crippen LogP contribution < -0.4 is 10.1 Å². The molecule has 184 valence electrons. The molecule has 0 bridgehead atoms. The Kier molecular flexibility index (Phi) is 10.2. The van der Waals surface area contributed by atoms with Crippen LogP contribution in [0.2, 0.25) is 0 Å². The van der Waals surface area contributed by atoms with Crippen molar-refractivity contribution in [2.24, 2.45) is 5.92 Å². The fraction of sp³-hybridized carbons (Fsp3) is 0.310. The van der Waals surface area contributed by atoms with E-state index in [0.717, 1.165) is 21.8 Å². The number of nitrogens with one attached hydrogen (secondary N) is 1. The molecule has 1 atom stereocenters. The van der Waals surface area contributed by atoms with Crippen molar-refractivity contribution in [3.63, 3.8) is 0 Å². The zero-order valence-electron chi connectivity index (χ0n) is 20.6. The summed E-state index contributed by atoms with van der Waals surface area (Å²) in [7, 11) is 1.62. The van der Waals surface area contributed by atoms with E-state index >= 15 is 0 Å². The van der Waals surface area contributed by atoms with Crippen molar-refractivity contribution in [1.82, 2.24) is 10.2 Å². The lowest BCUT2D eigenvalue weighted by Gasteiger charge is -2.32. The summed E-state index contributed by atoms with van der Waals surface area (Å²) in [6, 6.07) is 26.7. The first kappa shape index (κ1) is 26.4. The third kappa shape index (κ3) is 8.48. The van der Waals surface area contributed by atoms with E-state index in [9.17, 15) is 9.59 Å². The van der Waals surface area contributed by atoms with Gasteiger partial charge in [-0.15, -0.1) is 11.8 Å². The van der Waals surface area contributed by atoms with E-state index in [2.05, 4.69) is 19.2 Å². The number of hydrogen-bond acceptors (Lipinski definition) is 4. The van der Waals surface area contributed by atoms with Crippen LogP contribution in [0, 0.1) is 5.92 Å². The first-order valence-corrected chi connectivity index (χ1v) is 12.9.